The van der Waals surface area contributed by atoms with E-state index < -0.39 is 0 Å². The molecule has 0 radical (unpaired) electrons. The largest absolute Gasteiger partial charge is 0.469 e. The average molecular weight is 290 g/mol. The molecule has 0 N–H and O–H groups in total. The van der Waals surface area contributed by atoms with Crippen molar-refractivity contribution < 1.29 is 14.3 Å². The number of rotatable bonds is 5. The standard InChI is InChI=1S/C16H22N2O3/c1-11-15(10-17-18(11)9-8-16(20)21-3)14-6-4-13(5-7-14)12(2)19/h6,10,13H,4-5,7-9H2,1-3H3. The second kappa shape index (κ2) is 6.70. The van der Waals surface area contributed by atoms with Gasteiger partial charge in [0.2, 0.25) is 0 Å². The monoisotopic (exact) mass is 290 g/mol. The van der Waals surface area contributed by atoms with Crippen molar-refractivity contribution in [2.45, 2.75) is 46.1 Å². The van der Waals surface area contributed by atoms with Gasteiger partial charge in [-0.1, -0.05) is 6.08 Å². The number of carbonyl (C=O) groups excluding carboxylic acids is 2. The molecule has 1 unspecified atom stereocenters. The fourth-order valence-corrected chi connectivity index (χ4v) is 2.73. The Kier molecular flexibility index (Phi) is 4.94. The number of aromatic nitrogens is 2. The Morgan fingerprint density at radius 3 is 2.81 bits per heavy atom. The maximum atomic E-state index is 11.4. The molecule has 0 bridgehead atoms. The van der Waals surface area contributed by atoms with E-state index in [1.807, 2.05) is 17.8 Å². The summed E-state index contributed by atoms with van der Waals surface area (Å²) in [5.74, 6) is 0.215. The van der Waals surface area contributed by atoms with Gasteiger partial charge in [0, 0.05) is 17.2 Å². The van der Waals surface area contributed by atoms with Crippen molar-refractivity contribution >= 4 is 17.3 Å². The summed E-state index contributed by atoms with van der Waals surface area (Å²) in [7, 11) is 1.39. The van der Waals surface area contributed by atoms with Crippen LogP contribution in [0.4, 0.5) is 0 Å². The van der Waals surface area contributed by atoms with Gasteiger partial charge >= 0.3 is 5.97 Å². The summed E-state index contributed by atoms with van der Waals surface area (Å²) in [6, 6.07) is 0. The highest BCUT2D eigenvalue weighted by Crippen LogP contribution is 2.32. The first-order valence-corrected chi connectivity index (χ1v) is 7.32. The van der Waals surface area contributed by atoms with E-state index in [4.69, 9.17) is 0 Å². The molecular weight excluding hydrogens is 268 g/mol. The van der Waals surface area contributed by atoms with Crippen molar-refractivity contribution in [3.8, 4) is 0 Å². The first-order chi connectivity index (χ1) is 10.0. The Balaban J connectivity index is 2.07. The number of methoxy groups -OCH3 is 1. The molecule has 21 heavy (non-hydrogen) atoms. The third-order valence-corrected chi connectivity index (χ3v) is 4.19. The zero-order valence-corrected chi connectivity index (χ0v) is 12.9. The van der Waals surface area contributed by atoms with Gasteiger partial charge in [-0.25, -0.2) is 0 Å². The molecule has 0 spiro atoms. The Morgan fingerprint density at radius 1 is 1.48 bits per heavy atom. The number of ketones is 1. The molecule has 0 fully saturated rings. The third kappa shape index (κ3) is 3.60. The van der Waals surface area contributed by atoms with Crippen LogP contribution in [0.15, 0.2) is 12.3 Å². The lowest BCUT2D eigenvalue weighted by Crippen LogP contribution is -2.13. The quantitative estimate of drug-likeness (QED) is 0.782. The summed E-state index contributed by atoms with van der Waals surface area (Å²) in [6.07, 6.45) is 6.97. The minimum atomic E-state index is -0.229. The number of hydrogen-bond donors (Lipinski definition) is 0. The van der Waals surface area contributed by atoms with Crippen LogP contribution >= 0.6 is 0 Å². The summed E-state index contributed by atoms with van der Waals surface area (Å²) in [6.45, 7) is 4.21. The minimum absolute atomic E-state index is 0.170. The fourth-order valence-electron chi connectivity index (χ4n) is 2.73. The van der Waals surface area contributed by atoms with Gasteiger partial charge in [0.05, 0.1) is 26.3 Å². The molecule has 1 aliphatic rings. The smallest absolute Gasteiger partial charge is 0.307 e. The van der Waals surface area contributed by atoms with Crippen molar-refractivity contribution in [3.05, 3.63) is 23.5 Å². The highest BCUT2D eigenvalue weighted by Gasteiger charge is 2.21. The zero-order valence-electron chi connectivity index (χ0n) is 12.9. The number of esters is 1. The first-order valence-electron chi connectivity index (χ1n) is 7.32. The van der Waals surface area contributed by atoms with Gasteiger partial charge < -0.3 is 4.74 Å². The van der Waals surface area contributed by atoms with Gasteiger partial charge in [-0.2, -0.15) is 5.10 Å². The predicted octanol–water partition coefficient (Wildman–Crippen LogP) is 2.53. The Morgan fingerprint density at radius 2 is 2.24 bits per heavy atom. The maximum Gasteiger partial charge on any atom is 0.307 e. The van der Waals surface area contributed by atoms with Crippen molar-refractivity contribution in [3.63, 3.8) is 0 Å². The average Bonchev–Trinajstić information content (AvgIpc) is 2.86. The van der Waals surface area contributed by atoms with Crippen molar-refractivity contribution in [1.82, 2.24) is 9.78 Å². The number of ether oxygens (including phenoxy) is 1. The number of allylic oxidation sites excluding steroid dienone is 2. The SMILES string of the molecule is COC(=O)CCn1ncc(C2=CCC(C(C)=O)CC2)c1C. The molecule has 5 heteroatoms. The summed E-state index contributed by atoms with van der Waals surface area (Å²) < 4.78 is 6.48. The van der Waals surface area contributed by atoms with E-state index in [0.717, 1.165) is 30.5 Å². The number of aryl methyl sites for hydroxylation is 1. The fraction of sp³-hybridized carbons (Fsp3) is 0.562. The lowest BCUT2D eigenvalue weighted by Gasteiger charge is -2.19. The van der Waals surface area contributed by atoms with Crippen LogP contribution in [0.25, 0.3) is 5.57 Å². The summed E-state index contributed by atoms with van der Waals surface area (Å²) >= 11 is 0. The molecule has 0 saturated heterocycles. The van der Waals surface area contributed by atoms with Crippen LogP contribution in [-0.2, 0) is 20.9 Å². The van der Waals surface area contributed by atoms with E-state index in [9.17, 15) is 9.59 Å². The van der Waals surface area contributed by atoms with Gasteiger partial charge in [0.1, 0.15) is 5.78 Å². The normalized spacial score (nSPS) is 18.2. The molecule has 2 rings (SSSR count). The van der Waals surface area contributed by atoms with Gasteiger partial charge in [-0.3, -0.25) is 14.3 Å². The van der Waals surface area contributed by atoms with Gasteiger partial charge in [0.15, 0.2) is 0 Å². The van der Waals surface area contributed by atoms with Gasteiger partial charge in [-0.15, -0.1) is 0 Å². The highest BCUT2D eigenvalue weighted by molar-refractivity contribution is 5.80. The second-order valence-corrected chi connectivity index (χ2v) is 5.50. The molecule has 1 aliphatic carbocycles. The van der Waals surface area contributed by atoms with Gasteiger partial charge in [0.25, 0.3) is 0 Å². The molecule has 0 aliphatic heterocycles. The molecule has 1 aromatic rings. The molecule has 114 valence electrons. The van der Waals surface area contributed by atoms with Crippen LogP contribution in [0, 0.1) is 12.8 Å². The summed E-state index contributed by atoms with van der Waals surface area (Å²) in [5, 5.41) is 4.35. The molecule has 0 aromatic carbocycles. The zero-order chi connectivity index (χ0) is 15.4. The number of Topliss-reactive ketones (excluding diaryl/α,β-unsaturated/α-hetero) is 1. The second-order valence-electron chi connectivity index (χ2n) is 5.50. The number of carbonyl (C=O) groups is 2. The predicted molar refractivity (Wildman–Crippen MR) is 79.6 cm³/mol. The van der Waals surface area contributed by atoms with Crippen LogP contribution in [0.2, 0.25) is 0 Å². The molecule has 0 saturated carbocycles. The van der Waals surface area contributed by atoms with Crippen molar-refractivity contribution in [2.24, 2.45) is 5.92 Å². The van der Waals surface area contributed by atoms with E-state index in [2.05, 4.69) is 15.9 Å². The van der Waals surface area contributed by atoms with Gasteiger partial charge in [-0.05, 0) is 38.7 Å². The molecule has 0 amide bonds. The lowest BCUT2D eigenvalue weighted by atomic mass is 9.85. The number of nitrogens with zero attached hydrogens (tertiary/aromatic N) is 2. The summed E-state index contributed by atoms with van der Waals surface area (Å²) in [5.41, 5.74) is 3.45. The summed E-state index contributed by atoms with van der Waals surface area (Å²) in [4.78, 5) is 22.6. The Hall–Kier alpha value is -1.91. The van der Waals surface area contributed by atoms with Crippen LogP contribution in [0.5, 0.6) is 0 Å². The van der Waals surface area contributed by atoms with E-state index in [0.29, 0.717) is 13.0 Å². The van der Waals surface area contributed by atoms with Crippen molar-refractivity contribution in [1.29, 1.82) is 0 Å². The van der Waals surface area contributed by atoms with Crippen molar-refractivity contribution in [2.75, 3.05) is 7.11 Å². The van der Waals surface area contributed by atoms with Crippen LogP contribution in [0.3, 0.4) is 0 Å². The Labute approximate surface area is 125 Å². The van der Waals surface area contributed by atoms with E-state index >= 15 is 0 Å². The maximum absolute atomic E-state index is 11.4. The van der Waals surface area contributed by atoms with E-state index in [1.165, 1.54) is 12.7 Å². The van der Waals surface area contributed by atoms with Crippen LogP contribution in [-0.4, -0.2) is 28.6 Å². The molecule has 5 nitrogen and oxygen atoms in total. The number of hydrogen-bond acceptors (Lipinski definition) is 4. The first kappa shape index (κ1) is 15.5. The molecule has 1 heterocycles. The van der Waals surface area contributed by atoms with Crippen LogP contribution < -0.4 is 0 Å². The molecular formula is C16H22N2O3. The highest BCUT2D eigenvalue weighted by atomic mass is 16.5. The van der Waals surface area contributed by atoms with E-state index in [-0.39, 0.29) is 17.7 Å². The Bertz CT molecular complexity index is 572. The van der Waals surface area contributed by atoms with Crippen LogP contribution in [0.1, 0.15) is 43.9 Å². The minimum Gasteiger partial charge on any atom is -0.469 e. The molecule has 1 atom stereocenters. The topological polar surface area (TPSA) is 61.2 Å². The van der Waals surface area contributed by atoms with E-state index in [1.54, 1.807) is 6.92 Å². The third-order valence-electron chi connectivity index (χ3n) is 4.19. The molecule has 1 aromatic heterocycles. The lowest BCUT2D eigenvalue weighted by molar-refractivity contribution is -0.140.